The quantitative estimate of drug-likeness (QED) is 0.343. The maximum atomic E-state index is 14.7. The second-order valence-corrected chi connectivity index (χ2v) is 9.17. The van der Waals surface area contributed by atoms with Gasteiger partial charge in [0, 0.05) is 43.3 Å². The molecule has 3 heterocycles. The molecule has 1 saturated carbocycles. The fraction of sp³-hybridized carbons (Fsp3) is 0.333. The first-order valence-corrected chi connectivity index (χ1v) is 12.5. The summed E-state index contributed by atoms with van der Waals surface area (Å²) in [5.74, 6) is 1.15. The summed E-state index contributed by atoms with van der Waals surface area (Å²) in [6.45, 7) is 5.92. The van der Waals surface area contributed by atoms with Gasteiger partial charge in [-0.25, -0.2) is 19.2 Å². The van der Waals surface area contributed by atoms with Crippen LogP contribution in [0.3, 0.4) is 0 Å². The fourth-order valence-corrected chi connectivity index (χ4v) is 4.39. The molecule has 1 amide bonds. The first-order valence-electron chi connectivity index (χ1n) is 12.5. The van der Waals surface area contributed by atoms with Crippen LogP contribution in [-0.4, -0.2) is 38.9 Å². The molecule has 1 fully saturated rings. The number of pyridine rings is 2. The Morgan fingerprint density at radius 1 is 1.19 bits per heavy atom. The van der Waals surface area contributed by atoms with E-state index in [1.54, 1.807) is 23.3 Å². The lowest BCUT2D eigenvalue weighted by atomic mass is 10.1. The molecule has 4 aromatic rings. The Kier molecular flexibility index (Phi) is 6.89. The molecule has 0 bridgehead atoms. The van der Waals surface area contributed by atoms with E-state index in [1.165, 1.54) is 6.07 Å². The van der Waals surface area contributed by atoms with Gasteiger partial charge in [-0.15, -0.1) is 0 Å². The summed E-state index contributed by atoms with van der Waals surface area (Å²) in [6.07, 6.45) is 6.44. The fourth-order valence-electron chi connectivity index (χ4n) is 4.39. The minimum absolute atomic E-state index is 0.267. The van der Waals surface area contributed by atoms with Crippen LogP contribution in [0.4, 0.5) is 20.8 Å². The number of fused-ring (bicyclic) bond motifs is 1. The number of nitrogen functional groups attached to an aromatic ring is 1. The second-order valence-electron chi connectivity index (χ2n) is 9.17. The Balaban J connectivity index is 1.25. The maximum absolute atomic E-state index is 14.7. The predicted molar refractivity (Wildman–Crippen MR) is 140 cm³/mol. The van der Waals surface area contributed by atoms with E-state index in [0.717, 1.165) is 34.9 Å². The van der Waals surface area contributed by atoms with Crippen molar-refractivity contribution >= 4 is 28.5 Å². The minimum atomic E-state index is -0.563. The van der Waals surface area contributed by atoms with Crippen molar-refractivity contribution in [2.75, 3.05) is 23.7 Å². The highest BCUT2D eigenvalue weighted by Gasteiger charge is 2.31. The first-order chi connectivity index (χ1) is 17.9. The summed E-state index contributed by atoms with van der Waals surface area (Å²) in [5, 5.41) is 9.25. The zero-order valence-electron chi connectivity index (χ0n) is 20.9. The highest BCUT2D eigenvalue weighted by atomic mass is 19.1. The normalized spacial score (nSPS) is 13.1. The molecule has 37 heavy (non-hydrogen) atoms. The predicted octanol–water partition coefficient (Wildman–Crippen LogP) is 4.61. The van der Waals surface area contributed by atoms with Gasteiger partial charge >= 0.3 is 6.09 Å². The SMILES string of the molecule is CCN(CC)c1ncc(Cn2cc(OC(=O)NCc3ccc4c(N)nccc4c3)c(C3CC3)n2)cc1F. The summed E-state index contributed by atoms with van der Waals surface area (Å²) in [4.78, 5) is 22.9. The number of aromatic nitrogens is 4. The van der Waals surface area contributed by atoms with Gasteiger partial charge in [0.25, 0.3) is 0 Å². The summed E-state index contributed by atoms with van der Waals surface area (Å²) in [5.41, 5.74) is 8.26. The first kappa shape index (κ1) is 24.5. The van der Waals surface area contributed by atoms with Crippen LogP contribution in [0.2, 0.25) is 0 Å². The van der Waals surface area contributed by atoms with E-state index in [0.29, 0.717) is 49.1 Å². The molecule has 0 spiro atoms. The van der Waals surface area contributed by atoms with Crippen LogP contribution in [0.5, 0.6) is 5.75 Å². The van der Waals surface area contributed by atoms with Crippen molar-refractivity contribution in [1.82, 2.24) is 25.1 Å². The van der Waals surface area contributed by atoms with Gasteiger partial charge in [-0.05, 0) is 61.4 Å². The van der Waals surface area contributed by atoms with Gasteiger partial charge in [0.2, 0.25) is 0 Å². The Morgan fingerprint density at radius 2 is 2.00 bits per heavy atom. The van der Waals surface area contributed by atoms with Crippen LogP contribution in [-0.2, 0) is 13.1 Å². The van der Waals surface area contributed by atoms with Crippen LogP contribution in [0, 0.1) is 5.82 Å². The summed E-state index contributed by atoms with van der Waals surface area (Å²) in [6, 6.07) is 9.11. The number of nitrogens with zero attached hydrogens (tertiary/aromatic N) is 5. The molecular formula is C27H30FN7O2. The van der Waals surface area contributed by atoms with Crippen LogP contribution < -0.4 is 20.7 Å². The third-order valence-electron chi connectivity index (χ3n) is 6.50. The van der Waals surface area contributed by atoms with Gasteiger partial charge < -0.3 is 20.7 Å². The average Bonchev–Trinajstić information content (AvgIpc) is 3.66. The number of nitrogens with one attached hydrogen (secondary N) is 1. The van der Waals surface area contributed by atoms with Crippen molar-refractivity contribution < 1.29 is 13.9 Å². The van der Waals surface area contributed by atoms with Crippen molar-refractivity contribution in [2.45, 2.75) is 45.7 Å². The van der Waals surface area contributed by atoms with Crippen molar-refractivity contribution in [3.8, 4) is 5.75 Å². The topological polar surface area (TPSA) is 111 Å². The van der Waals surface area contributed by atoms with E-state index in [2.05, 4.69) is 20.4 Å². The van der Waals surface area contributed by atoms with E-state index in [-0.39, 0.29) is 11.7 Å². The molecule has 3 aromatic heterocycles. The number of anilines is 2. The lowest BCUT2D eigenvalue weighted by molar-refractivity contribution is 0.199. The summed E-state index contributed by atoms with van der Waals surface area (Å²) in [7, 11) is 0. The van der Waals surface area contributed by atoms with Gasteiger partial charge in [0.05, 0.1) is 12.7 Å². The largest absolute Gasteiger partial charge is 0.412 e. The molecular weight excluding hydrogens is 473 g/mol. The number of halogens is 1. The monoisotopic (exact) mass is 503 g/mol. The van der Waals surface area contributed by atoms with Gasteiger partial charge in [-0.2, -0.15) is 5.10 Å². The molecule has 1 aromatic carbocycles. The summed E-state index contributed by atoms with van der Waals surface area (Å²) < 4.78 is 22.0. The maximum Gasteiger partial charge on any atom is 0.412 e. The zero-order valence-corrected chi connectivity index (χ0v) is 20.9. The molecule has 0 aliphatic heterocycles. The highest BCUT2D eigenvalue weighted by Crippen LogP contribution is 2.43. The Hall–Kier alpha value is -4.21. The number of ether oxygens (including phenoxy) is 1. The van der Waals surface area contributed by atoms with Gasteiger partial charge in [-0.1, -0.05) is 12.1 Å². The molecule has 0 radical (unpaired) electrons. The third kappa shape index (κ3) is 5.47. The smallest absolute Gasteiger partial charge is 0.407 e. The molecule has 0 saturated heterocycles. The number of rotatable bonds is 9. The average molecular weight is 504 g/mol. The highest BCUT2D eigenvalue weighted by molar-refractivity contribution is 5.91. The Labute approximate surface area is 214 Å². The number of benzene rings is 1. The van der Waals surface area contributed by atoms with Crippen LogP contribution in [0.1, 0.15) is 49.4 Å². The van der Waals surface area contributed by atoms with Gasteiger partial charge in [0.1, 0.15) is 11.5 Å². The lowest BCUT2D eigenvalue weighted by Gasteiger charge is -2.20. The Bertz CT molecular complexity index is 1430. The van der Waals surface area contributed by atoms with E-state index in [4.69, 9.17) is 10.5 Å². The van der Waals surface area contributed by atoms with Crippen molar-refractivity contribution in [3.63, 3.8) is 0 Å². The van der Waals surface area contributed by atoms with Crippen LogP contribution in [0.25, 0.3) is 10.8 Å². The van der Waals surface area contributed by atoms with E-state index in [9.17, 15) is 9.18 Å². The molecule has 0 atom stereocenters. The van der Waals surface area contributed by atoms with Gasteiger partial charge in [-0.3, -0.25) is 4.68 Å². The minimum Gasteiger partial charge on any atom is -0.407 e. The molecule has 1 aliphatic rings. The molecule has 0 unspecified atom stereocenters. The van der Waals surface area contributed by atoms with E-state index >= 15 is 0 Å². The number of nitrogens with two attached hydrogens (primary N) is 1. The summed E-state index contributed by atoms with van der Waals surface area (Å²) >= 11 is 0. The molecule has 3 N–H and O–H groups in total. The lowest BCUT2D eigenvalue weighted by Crippen LogP contribution is -2.26. The van der Waals surface area contributed by atoms with Crippen LogP contribution in [0.15, 0.2) is 48.9 Å². The third-order valence-corrected chi connectivity index (χ3v) is 6.50. The van der Waals surface area contributed by atoms with Crippen molar-refractivity contribution in [2.24, 2.45) is 0 Å². The van der Waals surface area contributed by atoms with E-state index < -0.39 is 6.09 Å². The molecule has 9 nitrogen and oxygen atoms in total. The molecule has 192 valence electrons. The van der Waals surface area contributed by atoms with E-state index in [1.807, 2.05) is 43.0 Å². The standard InChI is InChI=1S/C27H30FN7O2/c1-3-34(4-2)26-22(28)12-18(14-31-26)15-35-16-23(24(33-35)19-6-7-19)37-27(36)32-13-17-5-8-21-20(11-17)9-10-30-25(21)29/h5,8-12,14,16,19H,3-4,6-7,13,15H2,1-2H3,(H2,29,30)(H,32,36). The van der Waals surface area contributed by atoms with Crippen LogP contribution >= 0.6 is 0 Å². The molecule has 5 rings (SSSR count). The number of amides is 1. The van der Waals surface area contributed by atoms with Gasteiger partial charge in [0.15, 0.2) is 17.4 Å². The number of hydrogen-bond acceptors (Lipinski definition) is 7. The zero-order chi connectivity index (χ0) is 25.9. The molecule has 1 aliphatic carbocycles. The van der Waals surface area contributed by atoms with Crippen molar-refractivity contribution in [3.05, 3.63) is 71.6 Å². The van der Waals surface area contributed by atoms with Crippen molar-refractivity contribution in [1.29, 1.82) is 0 Å². The molecule has 10 heteroatoms. The number of hydrogen-bond donors (Lipinski definition) is 2. The number of carbonyl (C=O) groups excluding carboxylic acids is 1. The Morgan fingerprint density at radius 3 is 2.73 bits per heavy atom. The number of carbonyl (C=O) groups is 1. The second kappa shape index (κ2) is 10.4.